The molecule has 0 radical (unpaired) electrons. The van der Waals surface area contributed by atoms with E-state index in [0.717, 1.165) is 16.9 Å². The second kappa shape index (κ2) is 5.69. The van der Waals surface area contributed by atoms with Crippen LogP contribution in [-0.2, 0) is 0 Å². The van der Waals surface area contributed by atoms with Gasteiger partial charge in [-0.05, 0) is 38.6 Å². The molecule has 2 aromatic rings. The van der Waals surface area contributed by atoms with Crippen LogP contribution in [0, 0.1) is 0 Å². The molecule has 0 saturated carbocycles. The summed E-state index contributed by atoms with van der Waals surface area (Å²) in [5, 5.41) is 3.25. The molecule has 1 unspecified atom stereocenters. The molecule has 0 aliphatic heterocycles. The van der Waals surface area contributed by atoms with Crippen LogP contribution in [-0.4, -0.2) is 18.1 Å². The van der Waals surface area contributed by atoms with E-state index >= 15 is 0 Å². The maximum absolute atomic E-state index is 5.65. The molecular formula is C14H18N2O2. The van der Waals surface area contributed by atoms with Crippen molar-refractivity contribution >= 4 is 0 Å². The van der Waals surface area contributed by atoms with Gasteiger partial charge in [-0.25, -0.2) is 0 Å². The van der Waals surface area contributed by atoms with Gasteiger partial charge in [0, 0.05) is 11.8 Å². The Balaban J connectivity index is 2.26. The Morgan fingerprint density at radius 1 is 1.28 bits per heavy atom. The minimum absolute atomic E-state index is 0.0620. The van der Waals surface area contributed by atoms with E-state index in [4.69, 9.17) is 9.15 Å². The number of pyridine rings is 1. The topological polar surface area (TPSA) is 47.3 Å². The summed E-state index contributed by atoms with van der Waals surface area (Å²) in [6.45, 7) is 4.00. The number of furan rings is 1. The van der Waals surface area contributed by atoms with Gasteiger partial charge in [0.2, 0.25) is 0 Å². The molecule has 0 aliphatic carbocycles. The van der Waals surface area contributed by atoms with Crippen LogP contribution in [0.25, 0.3) is 0 Å². The standard InChI is InChI=1S/C14H18N2O2/c1-10(2)18-13-6-12(7-16-8-13)14(15-3)11-4-5-17-9-11/h4-10,14-15H,1-3H3. The van der Waals surface area contributed by atoms with Gasteiger partial charge in [0.05, 0.1) is 30.9 Å². The Hall–Kier alpha value is -1.81. The Morgan fingerprint density at radius 2 is 2.11 bits per heavy atom. The lowest BCUT2D eigenvalue weighted by molar-refractivity contribution is 0.241. The zero-order valence-electron chi connectivity index (χ0n) is 10.9. The largest absolute Gasteiger partial charge is 0.489 e. The first-order valence-electron chi connectivity index (χ1n) is 6.01. The highest BCUT2D eigenvalue weighted by Gasteiger charge is 2.14. The molecule has 1 N–H and O–H groups in total. The summed E-state index contributed by atoms with van der Waals surface area (Å²) in [5.41, 5.74) is 2.12. The molecule has 0 aromatic carbocycles. The van der Waals surface area contributed by atoms with E-state index in [1.165, 1.54) is 0 Å². The summed E-state index contributed by atoms with van der Waals surface area (Å²) in [5.74, 6) is 0.784. The fourth-order valence-electron chi connectivity index (χ4n) is 1.90. The van der Waals surface area contributed by atoms with Gasteiger partial charge < -0.3 is 14.5 Å². The molecule has 0 spiro atoms. The van der Waals surface area contributed by atoms with Crippen molar-refractivity contribution in [3.05, 3.63) is 48.2 Å². The van der Waals surface area contributed by atoms with Crippen molar-refractivity contribution in [1.82, 2.24) is 10.3 Å². The Labute approximate surface area is 107 Å². The molecule has 0 saturated heterocycles. The number of nitrogens with zero attached hydrogens (tertiary/aromatic N) is 1. The molecule has 0 bridgehead atoms. The second-order valence-corrected chi connectivity index (χ2v) is 4.40. The van der Waals surface area contributed by atoms with Gasteiger partial charge >= 0.3 is 0 Å². The molecule has 4 nitrogen and oxygen atoms in total. The lowest BCUT2D eigenvalue weighted by Gasteiger charge is -2.16. The molecule has 18 heavy (non-hydrogen) atoms. The molecule has 2 heterocycles. The minimum atomic E-state index is 0.0620. The van der Waals surface area contributed by atoms with Crippen LogP contribution in [0.15, 0.2) is 41.5 Å². The Kier molecular flexibility index (Phi) is 3.99. The average molecular weight is 246 g/mol. The van der Waals surface area contributed by atoms with Crippen molar-refractivity contribution in [3.63, 3.8) is 0 Å². The maximum Gasteiger partial charge on any atom is 0.138 e. The van der Waals surface area contributed by atoms with Gasteiger partial charge in [0.1, 0.15) is 5.75 Å². The van der Waals surface area contributed by atoms with Crippen molar-refractivity contribution in [3.8, 4) is 5.75 Å². The smallest absolute Gasteiger partial charge is 0.138 e. The predicted molar refractivity (Wildman–Crippen MR) is 69.6 cm³/mol. The Bertz CT molecular complexity index is 480. The van der Waals surface area contributed by atoms with Crippen LogP contribution >= 0.6 is 0 Å². The zero-order chi connectivity index (χ0) is 13.0. The summed E-state index contributed by atoms with van der Waals surface area (Å²) in [7, 11) is 1.91. The number of rotatable bonds is 5. The fourth-order valence-corrected chi connectivity index (χ4v) is 1.90. The number of ether oxygens (including phenoxy) is 1. The zero-order valence-corrected chi connectivity index (χ0v) is 10.9. The van der Waals surface area contributed by atoms with E-state index in [1.54, 1.807) is 18.7 Å². The third-order valence-electron chi connectivity index (χ3n) is 2.60. The van der Waals surface area contributed by atoms with E-state index in [9.17, 15) is 0 Å². The second-order valence-electron chi connectivity index (χ2n) is 4.40. The lowest BCUT2D eigenvalue weighted by atomic mass is 10.0. The van der Waals surface area contributed by atoms with Gasteiger partial charge in [0.15, 0.2) is 0 Å². The van der Waals surface area contributed by atoms with Crippen molar-refractivity contribution in [1.29, 1.82) is 0 Å². The molecule has 0 fully saturated rings. The van der Waals surface area contributed by atoms with Crippen LogP contribution in [0.2, 0.25) is 0 Å². The molecule has 2 rings (SSSR count). The van der Waals surface area contributed by atoms with Gasteiger partial charge in [0.25, 0.3) is 0 Å². The van der Waals surface area contributed by atoms with E-state index < -0.39 is 0 Å². The quantitative estimate of drug-likeness (QED) is 0.881. The van der Waals surface area contributed by atoms with E-state index in [2.05, 4.69) is 10.3 Å². The minimum Gasteiger partial charge on any atom is -0.489 e. The molecular weight excluding hydrogens is 228 g/mol. The van der Waals surface area contributed by atoms with Crippen LogP contribution in [0.1, 0.15) is 31.0 Å². The van der Waals surface area contributed by atoms with E-state index in [0.29, 0.717) is 0 Å². The number of nitrogens with one attached hydrogen (secondary N) is 1. The highest BCUT2D eigenvalue weighted by Crippen LogP contribution is 2.24. The van der Waals surface area contributed by atoms with Crippen molar-refractivity contribution in [2.45, 2.75) is 26.0 Å². The third kappa shape index (κ3) is 2.90. The molecule has 4 heteroatoms. The van der Waals surface area contributed by atoms with Crippen LogP contribution in [0.3, 0.4) is 0 Å². The number of hydrogen-bond acceptors (Lipinski definition) is 4. The monoisotopic (exact) mass is 246 g/mol. The van der Waals surface area contributed by atoms with Crippen LogP contribution < -0.4 is 10.1 Å². The summed E-state index contributed by atoms with van der Waals surface area (Å²) in [4.78, 5) is 4.22. The first kappa shape index (κ1) is 12.6. The number of aromatic nitrogens is 1. The molecule has 0 aliphatic rings. The van der Waals surface area contributed by atoms with E-state index in [1.807, 2.05) is 39.2 Å². The summed E-state index contributed by atoms with van der Waals surface area (Å²) >= 11 is 0. The SMILES string of the molecule is CNC(c1ccoc1)c1cncc(OC(C)C)c1. The molecule has 0 amide bonds. The highest BCUT2D eigenvalue weighted by atomic mass is 16.5. The van der Waals surface area contributed by atoms with Gasteiger partial charge in [-0.3, -0.25) is 4.98 Å². The normalized spacial score (nSPS) is 12.7. The van der Waals surface area contributed by atoms with Gasteiger partial charge in [-0.1, -0.05) is 0 Å². The summed E-state index contributed by atoms with van der Waals surface area (Å²) in [6.07, 6.45) is 7.11. The van der Waals surface area contributed by atoms with Gasteiger partial charge in [-0.2, -0.15) is 0 Å². The predicted octanol–water partition coefficient (Wildman–Crippen LogP) is 2.77. The first-order chi connectivity index (χ1) is 8.70. The van der Waals surface area contributed by atoms with Crippen LogP contribution in [0.5, 0.6) is 5.75 Å². The average Bonchev–Trinajstić information content (AvgIpc) is 2.83. The van der Waals surface area contributed by atoms with Crippen molar-refractivity contribution in [2.24, 2.45) is 0 Å². The molecule has 2 aromatic heterocycles. The van der Waals surface area contributed by atoms with Crippen molar-refractivity contribution in [2.75, 3.05) is 7.05 Å². The highest BCUT2D eigenvalue weighted by molar-refractivity contribution is 5.32. The number of hydrogen-bond donors (Lipinski definition) is 1. The lowest BCUT2D eigenvalue weighted by Crippen LogP contribution is -2.17. The first-order valence-corrected chi connectivity index (χ1v) is 6.01. The fraction of sp³-hybridized carbons (Fsp3) is 0.357. The molecule has 96 valence electrons. The summed E-state index contributed by atoms with van der Waals surface area (Å²) < 4.78 is 10.8. The van der Waals surface area contributed by atoms with Crippen LogP contribution in [0.4, 0.5) is 0 Å². The van der Waals surface area contributed by atoms with Gasteiger partial charge in [-0.15, -0.1) is 0 Å². The Morgan fingerprint density at radius 3 is 2.72 bits per heavy atom. The van der Waals surface area contributed by atoms with Crippen molar-refractivity contribution < 1.29 is 9.15 Å². The third-order valence-corrected chi connectivity index (χ3v) is 2.60. The molecule has 1 atom stereocenters. The maximum atomic E-state index is 5.65. The summed E-state index contributed by atoms with van der Waals surface area (Å²) in [6, 6.07) is 4.00. The van der Waals surface area contributed by atoms with E-state index in [-0.39, 0.29) is 12.1 Å².